The van der Waals surface area contributed by atoms with Crippen LogP contribution in [-0.2, 0) is 0 Å². The largest absolute Gasteiger partial charge is 0.369 e. The highest BCUT2D eigenvalue weighted by atomic mass is 19.1. The zero-order valence-electron chi connectivity index (χ0n) is 11.3. The minimum Gasteiger partial charge on any atom is -0.369 e. The van der Waals surface area contributed by atoms with Crippen LogP contribution in [0.15, 0.2) is 18.2 Å². The Balaban J connectivity index is 2.14. The van der Waals surface area contributed by atoms with Gasteiger partial charge in [0.05, 0.1) is 5.69 Å². The molecule has 1 atom stereocenters. The highest BCUT2D eigenvalue weighted by Crippen LogP contribution is 2.30. The molecule has 2 rings (SSSR count). The molecule has 0 unspecified atom stereocenters. The molecule has 2 nitrogen and oxygen atoms in total. The van der Waals surface area contributed by atoms with Gasteiger partial charge in [-0.2, -0.15) is 0 Å². The first kappa shape index (κ1) is 13.3. The van der Waals surface area contributed by atoms with Crippen LogP contribution in [0.4, 0.5) is 10.1 Å². The van der Waals surface area contributed by atoms with E-state index in [1.165, 1.54) is 19.3 Å². The van der Waals surface area contributed by atoms with Crippen molar-refractivity contribution >= 4 is 5.69 Å². The number of nitrogens with two attached hydrogens (primary N) is 1. The highest BCUT2D eigenvalue weighted by molar-refractivity contribution is 5.49. The quantitative estimate of drug-likeness (QED) is 0.867. The SMILES string of the molecule is CCN(CC1CCC1)c1ccc([C@@H](C)N)cc1F. The molecule has 0 radical (unpaired) electrons. The summed E-state index contributed by atoms with van der Waals surface area (Å²) >= 11 is 0. The minimum atomic E-state index is -0.147. The van der Waals surface area contributed by atoms with E-state index in [2.05, 4.69) is 11.8 Å². The average Bonchev–Trinajstić information content (AvgIpc) is 2.29. The fraction of sp³-hybridized carbons (Fsp3) is 0.600. The van der Waals surface area contributed by atoms with E-state index in [1.807, 2.05) is 19.1 Å². The van der Waals surface area contributed by atoms with Crippen molar-refractivity contribution in [2.45, 2.75) is 39.2 Å². The Hall–Kier alpha value is -1.09. The van der Waals surface area contributed by atoms with Gasteiger partial charge in [-0.15, -0.1) is 0 Å². The Morgan fingerprint density at radius 3 is 2.61 bits per heavy atom. The lowest BCUT2D eigenvalue weighted by Crippen LogP contribution is -2.33. The van der Waals surface area contributed by atoms with Gasteiger partial charge in [-0.05, 0) is 50.3 Å². The van der Waals surface area contributed by atoms with E-state index in [9.17, 15) is 4.39 Å². The van der Waals surface area contributed by atoms with Crippen LogP contribution < -0.4 is 10.6 Å². The maximum Gasteiger partial charge on any atom is 0.146 e. The molecule has 0 bridgehead atoms. The first-order valence-corrected chi connectivity index (χ1v) is 6.91. The Morgan fingerprint density at radius 2 is 2.17 bits per heavy atom. The Morgan fingerprint density at radius 1 is 1.44 bits per heavy atom. The number of nitrogens with zero attached hydrogens (tertiary/aromatic N) is 1. The van der Waals surface area contributed by atoms with Crippen molar-refractivity contribution in [2.24, 2.45) is 11.7 Å². The molecule has 1 fully saturated rings. The number of benzene rings is 1. The summed E-state index contributed by atoms with van der Waals surface area (Å²) in [6.07, 6.45) is 3.90. The Labute approximate surface area is 109 Å². The maximum atomic E-state index is 14.1. The van der Waals surface area contributed by atoms with E-state index in [4.69, 9.17) is 5.73 Å². The standard InChI is InChI=1S/C15H23FN2/c1-3-18(10-12-5-4-6-12)15-8-7-13(11(2)17)9-14(15)16/h7-9,11-12H,3-6,10,17H2,1-2H3/t11-/m1/s1. The molecule has 1 aromatic rings. The number of anilines is 1. The number of halogens is 1. The van der Waals surface area contributed by atoms with Crippen LogP contribution in [-0.4, -0.2) is 13.1 Å². The first-order chi connectivity index (χ1) is 8.61. The first-order valence-electron chi connectivity index (χ1n) is 6.91. The molecule has 2 N–H and O–H groups in total. The second-order valence-corrected chi connectivity index (χ2v) is 5.34. The van der Waals surface area contributed by atoms with Gasteiger partial charge >= 0.3 is 0 Å². The van der Waals surface area contributed by atoms with Crippen molar-refractivity contribution in [3.63, 3.8) is 0 Å². The molecule has 0 amide bonds. The third-order valence-corrected chi connectivity index (χ3v) is 3.92. The van der Waals surface area contributed by atoms with Crippen molar-refractivity contribution in [3.8, 4) is 0 Å². The van der Waals surface area contributed by atoms with Gasteiger partial charge in [0.2, 0.25) is 0 Å². The molecule has 0 spiro atoms. The van der Waals surface area contributed by atoms with Crippen LogP contribution in [0.25, 0.3) is 0 Å². The molecular formula is C15H23FN2. The summed E-state index contributed by atoms with van der Waals surface area (Å²) < 4.78 is 14.1. The van der Waals surface area contributed by atoms with Crippen LogP contribution in [0.1, 0.15) is 44.7 Å². The topological polar surface area (TPSA) is 29.3 Å². The third kappa shape index (κ3) is 2.83. The minimum absolute atomic E-state index is 0.116. The molecule has 1 aliphatic carbocycles. The third-order valence-electron chi connectivity index (χ3n) is 3.92. The molecule has 1 aromatic carbocycles. The molecule has 0 heterocycles. The monoisotopic (exact) mass is 250 g/mol. The van der Waals surface area contributed by atoms with Gasteiger partial charge in [-0.25, -0.2) is 4.39 Å². The van der Waals surface area contributed by atoms with Gasteiger partial charge in [0.1, 0.15) is 5.82 Å². The second kappa shape index (κ2) is 5.70. The van der Waals surface area contributed by atoms with E-state index in [-0.39, 0.29) is 11.9 Å². The summed E-state index contributed by atoms with van der Waals surface area (Å²) in [6.45, 7) is 5.79. The molecule has 0 saturated heterocycles. The molecule has 100 valence electrons. The predicted octanol–water partition coefficient (Wildman–Crippen LogP) is 3.47. The summed E-state index contributed by atoms with van der Waals surface area (Å²) in [5.74, 6) is 0.600. The van der Waals surface area contributed by atoms with E-state index in [0.717, 1.165) is 24.6 Å². The van der Waals surface area contributed by atoms with Crippen molar-refractivity contribution in [1.82, 2.24) is 0 Å². The molecule has 3 heteroatoms. The molecule has 1 aliphatic rings. The van der Waals surface area contributed by atoms with Crippen molar-refractivity contribution in [2.75, 3.05) is 18.0 Å². The lowest BCUT2D eigenvalue weighted by molar-refractivity contribution is 0.318. The predicted molar refractivity (Wildman–Crippen MR) is 74.2 cm³/mol. The summed E-state index contributed by atoms with van der Waals surface area (Å²) in [7, 11) is 0. The van der Waals surface area contributed by atoms with Crippen molar-refractivity contribution < 1.29 is 4.39 Å². The van der Waals surface area contributed by atoms with Gasteiger partial charge in [-0.3, -0.25) is 0 Å². The average molecular weight is 250 g/mol. The van der Waals surface area contributed by atoms with Crippen molar-refractivity contribution in [3.05, 3.63) is 29.6 Å². The zero-order chi connectivity index (χ0) is 13.1. The highest BCUT2D eigenvalue weighted by Gasteiger charge is 2.21. The fourth-order valence-corrected chi connectivity index (χ4v) is 2.45. The molecule has 0 aliphatic heterocycles. The van der Waals surface area contributed by atoms with E-state index in [0.29, 0.717) is 5.69 Å². The number of rotatable bonds is 5. The summed E-state index contributed by atoms with van der Waals surface area (Å²) in [4.78, 5) is 2.14. The van der Waals surface area contributed by atoms with Crippen molar-refractivity contribution in [1.29, 1.82) is 0 Å². The van der Waals surface area contributed by atoms with Crippen LogP contribution in [0.5, 0.6) is 0 Å². The Kier molecular flexibility index (Phi) is 4.23. The Bertz CT molecular complexity index is 399. The molecule has 1 saturated carbocycles. The summed E-state index contributed by atoms with van der Waals surface area (Å²) in [5.41, 5.74) is 7.35. The molecular weight excluding hydrogens is 227 g/mol. The number of hydrogen-bond acceptors (Lipinski definition) is 2. The van der Waals surface area contributed by atoms with Crippen LogP contribution in [0.3, 0.4) is 0 Å². The molecule has 0 aromatic heterocycles. The normalized spacial score (nSPS) is 17.3. The van der Waals surface area contributed by atoms with Gasteiger partial charge < -0.3 is 10.6 Å². The fourth-order valence-electron chi connectivity index (χ4n) is 2.45. The van der Waals surface area contributed by atoms with Gasteiger partial charge in [-0.1, -0.05) is 12.5 Å². The van der Waals surface area contributed by atoms with Gasteiger partial charge in [0.25, 0.3) is 0 Å². The smallest absolute Gasteiger partial charge is 0.146 e. The molecule has 18 heavy (non-hydrogen) atoms. The van der Waals surface area contributed by atoms with Gasteiger partial charge in [0, 0.05) is 19.1 Å². The maximum absolute atomic E-state index is 14.1. The van der Waals surface area contributed by atoms with E-state index < -0.39 is 0 Å². The second-order valence-electron chi connectivity index (χ2n) is 5.34. The van der Waals surface area contributed by atoms with Crippen LogP contribution in [0.2, 0.25) is 0 Å². The van der Waals surface area contributed by atoms with E-state index in [1.54, 1.807) is 6.07 Å². The number of hydrogen-bond donors (Lipinski definition) is 1. The summed E-state index contributed by atoms with van der Waals surface area (Å²) in [5, 5.41) is 0. The lowest BCUT2D eigenvalue weighted by atomic mass is 9.85. The lowest BCUT2D eigenvalue weighted by Gasteiger charge is -2.33. The summed E-state index contributed by atoms with van der Waals surface area (Å²) in [6, 6.07) is 5.27. The van der Waals surface area contributed by atoms with E-state index >= 15 is 0 Å². The van der Waals surface area contributed by atoms with Gasteiger partial charge in [0.15, 0.2) is 0 Å². The zero-order valence-corrected chi connectivity index (χ0v) is 11.3. The van der Waals surface area contributed by atoms with Crippen LogP contribution >= 0.6 is 0 Å². The van der Waals surface area contributed by atoms with Crippen LogP contribution in [0, 0.1) is 11.7 Å².